The van der Waals surface area contributed by atoms with Gasteiger partial charge in [0, 0.05) is 28.5 Å². The number of thiazole rings is 1. The number of thioether (sulfide) groups is 1. The van der Waals surface area contributed by atoms with Crippen LogP contribution < -0.4 is 5.32 Å². The van der Waals surface area contributed by atoms with Crippen LogP contribution in [0.2, 0.25) is 0 Å². The second kappa shape index (κ2) is 5.48. The van der Waals surface area contributed by atoms with E-state index in [1.807, 2.05) is 30.5 Å². The van der Waals surface area contributed by atoms with Gasteiger partial charge in [0.1, 0.15) is 0 Å². The number of nitrogens with one attached hydrogen (secondary N) is 1. The molecule has 4 nitrogen and oxygen atoms in total. The van der Waals surface area contributed by atoms with E-state index in [0.717, 1.165) is 22.9 Å². The summed E-state index contributed by atoms with van der Waals surface area (Å²) in [5.74, 6) is 1.01. The average molecular weight is 285 g/mol. The number of rotatable bonds is 1. The highest BCUT2D eigenvalue weighted by Crippen LogP contribution is 2.26. The summed E-state index contributed by atoms with van der Waals surface area (Å²) in [7, 11) is 0. The zero-order chi connectivity index (χ0) is 13.3. The number of aromatic nitrogens is 1. The summed E-state index contributed by atoms with van der Waals surface area (Å²) in [5.41, 5.74) is 0.992. The van der Waals surface area contributed by atoms with Gasteiger partial charge in [-0.3, -0.25) is 5.32 Å². The van der Waals surface area contributed by atoms with Crippen molar-refractivity contribution in [2.24, 2.45) is 0 Å². The second-order valence-corrected chi connectivity index (χ2v) is 7.29. The van der Waals surface area contributed by atoms with E-state index in [1.54, 1.807) is 0 Å². The minimum Gasteiger partial charge on any atom is -0.320 e. The Balaban J connectivity index is 2.03. The number of hydrogen-bond donors (Lipinski definition) is 1. The van der Waals surface area contributed by atoms with Crippen molar-refractivity contribution in [3.63, 3.8) is 0 Å². The van der Waals surface area contributed by atoms with Crippen molar-refractivity contribution in [1.29, 1.82) is 0 Å². The molecule has 2 heterocycles. The lowest BCUT2D eigenvalue weighted by Gasteiger charge is -2.37. The van der Waals surface area contributed by atoms with Crippen LogP contribution in [0.5, 0.6) is 0 Å². The van der Waals surface area contributed by atoms with Gasteiger partial charge in [-0.05, 0) is 20.8 Å². The molecule has 1 aliphatic rings. The van der Waals surface area contributed by atoms with E-state index in [0.29, 0.717) is 10.4 Å². The summed E-state index contributed by atoms with van der Waals surface area (Å²) in [6.07, 6.45) is 0. The van der Waals surface area contributed by atoms with Crippen LogP contribution in [0.3, 0.4) is 0 Å². The number of carbonyl (C=O) groups excluding carboxylic acids is 1. The number of aryl methyl sites for hydroxylation is 2. The van der Waals surface area contributed by atoms with Crippen LogP contribution in [0.1, 0.15) is 24.4 Å². The minimum atomic E-state index is -0.0246. The van der Waals surface area contributed by atoms with Crippen molar-refractivity contribution >= 4 is 34.3 Å². The molecule has 6 heteroatoms. The fourth-order valence-electron chi connectivity index (χ4n) is 1.91. The zero-order valence-corrected chi connectivity index (χ0v) is 12.8. The van der Waals surface area contributed by atoms with E-state index >= 15 is 0 Å². The summed E-state index contributed by atoms with van der Waals surface area (Å²) in [6, 6.07) is 0.245. The van der Waals surface area contributed by atoms with E-state index in [1.165, 1.54) is 11.3 Å². The van der Waals surface area contributed by atoms with Crippen molar-refractivity contribution in [3.8, 4) is 0 Å². The van der Waals surface area contributed by atoms with Gasteiger partial charge in [0.2, 0.25) is 0 Å². The third-order valence-corrected chi connectivity index (χ3v) is 5.71. The van der Waals surface area contributed by atoms with E-state index < -0.39 is 0 Å². The van der Waals surface area contributed by atoms with Crippen molar-refractivity contribution in [3.05, 3.63) is 10.6 Å². The first-order valence-corrected chi connectivity index (χ1v) is 7.99. The highest BCUT2D eigenvalue weighted by molar-refractivity contribution is 8.00. The Morgan fingerprint density at radius 2 is 2.17 bits per heavy atom. The van der Waals surface area contributed by atoms with Gasteiger partial charge >= 0.3 is 6.03 Å². The molecule has 100 valence electrons. The monoisotopic (exact) mass is 285 g/mol. The molecule has 1 saturated heterocycles. The summed E-state index contributed by atoms with van der Waals surface area (Å²) in [6.45, 7) is 9.07. The highest BCUT2D eigenvalue weighted by atomic mass is 32.2. The molecule has 0 aromatic carbocycles. The van der Waals surface area contributed by atoms with Gasteiger partial charge in [0.05, 0.1) is 5.69 Å². The average Bonchev–Trinajstić information content (AvgIpc) is 2.61. The summed E-state index contributed by atoms with van der Waals surface area (Å²) < 4.78 is 0. The maximum absolute atomic E-state index is 12.2. The summed E-state index contributed by atoms with van der Waals surface area (Å²) in [4.78, 5) is 19.6. The first-order valence-electron chi connectivity index (χ1n) is 6.12. The molecule has 2 amide bonds. The molecule has 0 spiro atoms. The molecule has 1 fully saturated rings. The van der Waals surface area contributed by atoms with Crippen LogP contribution in [0.25, 0.3) is 0 Å². The smallest absolute Gasteiger partial charge is 0.320 e. The molecule has 1 N–H and O–H groups in total. The Hall–Kier alpha value is -0.750. The first kappa shape index (κ1) is 13.7. The zero-order valence-electron chi connectivity index (χ0n) is 11.2. The molecule has 2 unspecified atom stereocenters. The van der Waals surface area contributed by atoms with Crippen molar-refractivity contribution < 1.29 is 4.79 Å². The quantitative estimate of drug-likeness (QED) is 0.862. The Bertz CT molecular complexity index is 427. The van der Waals surface area contributed by atoms with Crippen molar-refractivity contribution in [1.82, 2.24) is 9.88 Å². The fourth-order valence-corrected chi connectivity index (χ4v) is 3.81. The topological polar surface area (TPSA) is 45.2 Å². The molecular weight excluding hydrogens is 266 g/mol. The third kappa shape index (κ3) is 2.80. The Kier molecular flexibility index (Phi) is 4.17. The largest absolute Gasteiger partial charge is 0.323 e. The number of urea groups is 1. The fraction of sp³-hybridized carbons (Fsp3) is 0.667. The van der Waals surface area contributed by atoms with Crippen LogP contribution in [0.4, 0.5) is 9.93 Å². The lowest BCUT2D eigenvalue weighted by atomic mass is 10.2. The van der Waals surface area contributed by atoms with Crippen molar-refractivity contribution in [2.75, 3.05) is 17.6 Å². The molecule has 2 atom stereocenters. The molecule has 1 aliphatic heterocycles. The molecule has 18 heavy (non-hydrogen) atoms. The Morgan fingerprint density at radius 3 is 2.78 bits per heavy atom. The second-order valence-electron chi connectivity index (χ2n) is 4.60. The molecule has 1 aromatic rings. The predicted molar refractivity (Wildman–Crippen MR) is 78.7 cm³/mol. The first-order chi connectivity index (χ1) is 8.49. The summed E-state index contributed by atoms with van der Waals surface area (Å²) in [5, 5.41) is 4.10. The number of carbonyl (C=O) groups is 1. The maximum Gasteiger partial charge on any atom is 0.323 e. The van der Waals surface area contributed by atoms with E-state index in [4.69, 9.17) is 0 Å². The van der Waals surface area contributed by atoms with Crippen LogP contribution in [-0.2, 0) is 0 Å². The Labute approximate surface area is 116 Å². The van der Waals surface area contributed by atoms with Crippen LogP contribution in [0.15, 0.2) is 0 Å². The normalized spacial score (nSPS) is 24.1. The van der Waals surface area contributed by atoms with Gasteiger partial charge in [-0.1, -0.05) is 6.92 Å². The minimum absolute atomic E-state index is 0.0246. The van der Waals surface area contributed by atoms with Gasteiger partial charge in [0.15, 0.2) is 5.13 Å². The van der Waals surface area contributed by atoms with Gasteiger partial charge in [-0.15, -0.1) is 11.3 Å². The third-order valence-electron chi connectivity index (χ3n) is 3.39. The number of nitrogens with zero attached hydrogens (tertiary/aromatic N) is 2. The SMILES string of the molecule is Cc1nc(NC(=O)N2CCSC(C)C2C)sc1C. The number of amides is 2. The number of hydrogen-bond acceptors (Lipinski definition) is 4. The lowest BCUT2D eigenvalue weighted by Crippen LogP contribution is -2.49. The van der Waals surface area contributed by atoms with Gasteiger partial charge in [0.25, 0.3) is 0 Å². The van der Waals surface area contributed by atoms with Crippen LogP contribution in [0, 0.1) is 13.8 Å². The molecule has 1 aromatic heterocycles. The molecular formula is C12H19N3OS2. The van der Waals surface area contributed by atoms with E-state index in [2.05, 4.69) is 24.1 Å². The molecule has 2 rings (SSSR count). The molecule has 0 saturated carbocycles. The van der Waals surface area contributed by atoms with Gasteiger partial charge < -0.3 is 4.90 Å². The molecule has 0 aliphatic carbocycles. The van der Waals surface area contributed by atoms with Gasteiger partial charge in [-0.25, -0.2) is 9.78 Å². The number of anilines is 1. The van der Waals surface area contributed by atoms with Gasteiger partial charge in [-0.2, -0.15) is 11.8 Å². The predicted octanol–water partition coefficient (Wildman–Crippen LogP) is 3.12. The Morgan fingerprint density at radius 1 is 1.44 bits per heavy atom. The standard InChI is InChI=1S/C12H19N3OS2/c1-7-9(3)18-11(13-7)14-12(16)15-5-6-17-10(4)8(15)2/h8,10H,5-6H2,1-4H3,(H,13,14,16). The molecule has 0 radical (unpaired) electrons. The summed E-state index contributed by atoms with van der Waals surface area (Å²) >= 11 is 3.46. The van der Waals surface area contributed by atoms with Crippen molar-refractivity contribution in [2.45, 2.75) is 39.0 Å². The van der Waals surface area contributed by atoms with E-state index in [9.17, 15) is 4.79 Å². The molecule has 0 bridgehead atoms. The van der Waals surface area contributed by atoms with E-state index in [-0.39, 0.29) is 12.1 Å². The lowest BCUT2D eigenvalue weighted by molar-refractivity contribution is 0.194. The highest BCUT2D eigenvalue weighted by Gasteiger charge is 2.29. The maximum atomic E-state index is 12.2. The van der Waals surface area contributed by atoms with Crippen LogP contribution in [-0.4, -0.2) is 39.5 Å². The van der Waals surface area contributed by atoms with Crippen LogP contribution >= 0.6 is 23.1 Å².